The van der Waals surface area contributed by atoms with Gasteiger partial charge in [0.05, 0.1) is 28.3 Å². The van der Waals surface area contributed by atoms with Gasteiger partial charge in [-0.05, 0) is 67.1 Å². The van der Waals surface area contributed by atoms with E-state index in [1.807, 2.05) is 19.1 Å². The van der Waals surface area contributed by atoms with Crippen molar-refractivity contribution in [1.82, 2.24) is 5.32 Å². The number of nitriles is 1. The number of rotatable bonds is 6. The minimum absolute atomic E-state index is 0.0833. The minimum Gasteiger partial charge on any atom is -0.350 e. The average Bonchev–Trinajstić information content (AvgIpc) is 3.14. The first-order valence-electron chi connectivity index (χ1n) is 9.03. The Morgan fingerprint density at radius 2 is 1.85 bits per heavy atom. The lowest BCUT2D eigenvalue weighted by Gasteiger charge is -2.14. The highest BCUT2D eigenvalue weighted by Gasteiger charge is 2.20. The number of fused-ring (bicyclic) bond motifs is 1. The Morgan fingerprint density at radius 1 is 1.15 bits per heavy atom. The number of nitrogens with one attached hydrogen (secondary N) is 1. The van der Waals surface area contributed by atoms with Gasteiger partial charge in [0.15, 0.2) is 9.84 Å². The van der Waals surface area contributed by atoms with E-state index in [1.54, 1.807) is 36.4 Å². The normalized spacial score (nSPS) is 14.2. The van der Waals surface area contributed by atoms with Gasteiger partial charge in [0.25, 0.3) is 0 Å². The molecule has 1 aliphatic rings. The number of carbonyl (C=O) groups is 1. The molecule has 1 amide bonds. The summed E-state index contributed by atoms with van der Waals surface area (Å²) in [7, 11) is -3.48. The Labute approximate surface area is 159 Å². The van der Waals surface area contributed by atoms with Crippen LogP contribution in [0.2, 0.25) is 0 Å². The van der Waals surface area contributed by atoms with E-state index in [0.717, 1.165) is 30.4 Å². The molecule has 140 valence electrons. The van der Waals surface area contributed by atoms with Crippen molar-refractivity contribution in [1.29, 1.82) is 5.26 Å². The van der Waals surface area contributed by atoms with E-state index in [-0.39, 0.29) is 24.1 Å². The van der Waals surface area contributed by atoms with Gasteiger partial charge in [-0.15, -0.1) is 0 Å². The number of nitrogens with zero attached hydrogens (tertiary/aromatic N) is 1. The molecule has 1 unspecified atom stereocenters. The maximum absolute atomic E-state index is 12.6. The molecule has 0 spiro atoms. The van der Waals surface area contributed by atoms with E-state index in [2.05, 4.69) is 5.32 Å². The summed E-state index contributed by atoms with van der Waals surface area (Å²) in [5.74, 6) is -0.519. The third-order valence-electron chi connectivity index (χ3n) is 4.94. The van der Waals surface area contributed by atoms with Crippen molar-refractivity contribution in [2.75, 3.05) is 5.75 Å². The fraction of sp³-hybridized carbons (Fsp3) is 0.333. The Morgan fingerprint density at radius 3 is 2.56 bits per heavy atom. The highest BCUT2D eigenvalue weighted by atomic mass is 32.2. The van der Waals surface area contributed by atoms with Crippen molar-refractivity contribution in [3.05, 3.63) is 64.7 Å². The fourth-order valence-electron chi connectivity index (χ4n) is 3.33. The number of hydrogen-bond acceptors (Lipinski definition) is 4. The smallest absolute Gasteiger partial charge is 0.221 e. The first kappa shape index (κ1) is 19.1. The van der Waals surface area contributed by atoms with Crippen LogP contribution in [0.5, 0.6) is 0 Å². The summed E-state index contributed by atoms with van der Waals surface area (Å²) in [6.07, 6.45) is 2.90. The molecule has 1 N–H and O–H groups in total. The van der Waals surface area contributed by atoms with Gasteiger partial charge >= 0.3 is 0 Å². The van der Waals surface area contributed by atoms with Gasteiger partial charge in [-0.25, -0.2) is 8.42 Å². The molecule has 0 radical (unpaired) electrons. The summed E-state index contributed by atoms with van der Waals surface area (Å²) in [6.45, 7) is 1.83. The molecule has 0 heterocycles. The van der Waals surface area contributed by atoms with Crippen LogP contribution in [0.4, 0.5) is 0 Å². The highest BCUT2D eigenvalue weighted by Crippen LogP contribution is 2.25. The third-order valence-corrected chi connectivity index (χ3v) is 6.66. The SMILES string of the molecule is CC(NC(=O)CCS(=O)(=O)c1ccc2c(c1)CCC2)c1ccc(C#N)cc1. The van der Waals surface area contributed by atoms with Crippen molar-refractivity contribution >= 4 is 15.7 Å². The number of aryl methyl sites for hydroxylation is 2. The number of carbonyl (C=O) groups excluding carboxylic acids is 1. The first-order valence-corrected chi connectivity index (χ1v) is 10.7. The number of sulfone groups is 1. The molecular formula is C21H22N2O3S. The molecule has 1 atom stereocenters. The zero-order valence-corrected chi connectivity index (χ0v) is 16.1. The zero-order valence-electron chi connectivity index (χ0n) is 15.2. The Kier molecular flexibility index (Phi) is 5.62. The predicted molar refractivity (Wildman–Crippen MR) is 103 cm³/mol. The minimum atomic E-state index is -3.48. The van der Waals surface area contributed by atoms with Gasteiger partial charge in [-0.3, -0.25) is 4.79 Å². The Balaban J connectivity index is 1.58. The Bertz CT molecular complexity index is 989. The van der Waals surface area contributed by atoms with Crippen LogP contribution in [0.3, 0.4) is 0 Å². The number of benzene rings is 2. The van der Waals surface area contributed by atoms with Crippen molar-refractivity contribution in [3.8, 4) is 6.07 Å². The van der Waals surface area contributed by atoms with Crippen LogP contribution < -0.4 is 5.32 Å². The second-order valence-electron chi connectivity index (χ2n) is 6.88. The summed E-state index contributed by atoms with van der Waals surface area (Å²) in [4.78, 5) is 12.5. The van der Waals surface area contributed by atoms with Gasteiger partial charge in [-0.1, -0.05) is 18.2 Å². The van der Waals surface area contributed by atoms with E-state index in [4.69, 9.17) is 5.26 Å². The predicted octanol–water partition coefficient (Wildman–Crippen LogP) is 3.09. The summed E-state index contributed by atoms with van der Waals surface area (Å²) in [6, 6.07) is 14.0. The third kappa shape index (κ3) is 4.55. The Hall–Kier alpha value is -2.65. The molecule has 0 fully saturated rings. The van der Waals surface area contributed by atoms with Gasteiger partial charge in [0.2, 0.25) is 5.91 Å². The zero-order chi connectivity index (χ0) is 19.4. The number of hydrogen-bond donors (Lipinski definition) is 1. The summed E-state index contributed by atoms with van der Waals surface area (Å²) >= 11 is 0. The fourth-order valence-corrected chi connectivity index (χ4v) is 4.62. The van der Waals surface area contributed by atoms with Crippen LogP contribution in [-0.2, 0) is 27.5 Å². The molecule has 0 aliphatic heterocycles. The van der Waals surface area contributed by atoms with Crippen LogP contribution >= 0.6 is 0 Å². The molecule has 2 aromatic carbocycles. The molecule has 0 saturated heterocycles. The van der Waals surface area contributed by atoms with Gasteiger partial charge in [-0.2, -0.15) is 5.26 Å². The molecule has 0 bridgehead atoms. The van der Waals surface area contributed by atoms with Crippen molar-refractivity contribution in [3.63, 3.8) is 0 Å². The van der Waals surface area contributed by atoms with Crippen LogP contribution in [0.15, 0.2) is 47.4 Å². The van der Waals surface area contributed by atoms with Gasteiger partial charge in [0.1, 0.15) is 0 Å². The van der Waals surface area contributed by atoms with Crippen LogP contribution in [0, 0.1) is 11.3 Å². The molecular weight excluding hydrogens is 360 g/mol. The molecule has 0 aromatic heterocycles. The molecule has 27 heavy (non-hydrogen) atoms. The molecule has 5 nitrogen and oxygen atoms in total. The molecule has 6 heteroatoms. The second-order valence-corrected chi connectivity index (χ2v) is 8.99. The molecule has 0 saturated carbocycles. The monoisotopic (exact) mass is 382 g/mol. The summed E-state index contributed by atoms with van der Waals surface area (Å²) in [5.41, 5.74) is 3.75. The lowest BCUT2D eigenvalue weighted by atomic mass is 10.1. The first-order chi connectivity index (χ1) is 12.9. The summed E-state index contributed by atoms with van der Waals surface area (Å²) in [5, 5.41) is 11.6. The van der Waals surface area contributed by atoms with Crippen LogP contribution in [0.25, 0.3) is 0 Å². The van der Waals surface area contributed by atoms with Crippen molar-refractivity contribution in [2.24, 2.45) is 0 Å². The average molecular weight is 382 g/mol. The maximum Gasteiger partial charge on any atom is 0.221 e. The number of amides is 1. The quantitative estimate of drug-likeness (QED) is 0.832. The van der Waals surface area contributed by atoms with Crippen LogP contribution in [0.1, 0.15) is 48.1 Å². The standard InChI is InChI=1S/C21H22N2O3S/c1-15(17-7-5-16(14-22)6-8-17)23-21(24)11-12-27(25,26)20-10-9-18-3-2-4-19(18)13-20/h5-10,13,15H,2-4,11-12H2,1H3,(H,23,24). The van der Waals surface area contributed by atoms with Crippen molar-refractivity contribution < 1.29 is 13.2 Å². The van der Waals surface area contributed by atoms with E-state index in [0.29, 0.717) is 10.5 Å². The molecule has 3 rings (SSSR count). The second kappa shape index (κ2) is 7.93. The molecule has 1 aliphatic carbocycles. The lowest BCUT2D eigenvalue weighted by molar-refractivity contribution is -0.121. The van der Waals surface area contributed by atoms with Gasteiger partial charge in [0, 0.05) is 6.42 Å². The van der Waals surface area contributed by atoms with Gasteiger partial charge < -0.3 is 5.32 Å². The van der Waals surface area contributed by atoms with E-state index < -0.39 is 9.84 Å². The highest BCUT2D eigenvalue weighted by molar-refractivity contribution is 7.91. The van der Waals surface area contributed by atoms with Crippen molar-refractivity contribution in [2.45, 2.75) is 43.5 Å². The summed E-state index contributed by atoms with van der Waals surface area (Å²) < 4.78 is 25.1. The molecule has 2 aromatic rings. The lowest BCUT2D eigenvalue weighted by Crippen LogP contribution is -2.28. The van der Waals surface area contributed by atoms with E-state index >= 15 is 0 Å². The topological polar surface area (TPSA) is 87.0 Å². The maximum atomic E-state index is 12.6. The van der Waals surface area contributed by atoms with E-state index in [1.165, 1.54) is 5.56 Å². The van der Waals surface area contributed by atoms with Crippen LogP contribution in [-0.4, -0.2) is 20.1 Å². The largest absolute Gasteiger partial charge is 0.350 e. The van der Waals surface area contributed by atoms with E-state index in [9.17, 15) is 13.2 Å².